The number of nitrogens with two attached hydrogens (primary N) is 1. The third kappa shape index (κ3) is 6.43. The number of carboxylic acids is 1. The Hall–Kier alpha value is -4.29. The number of hydrogen-bond donors (Lipinski definition) is 3. The Morgan fingerprint density at radius 3 is 2.82 bits per heavy atom. The summed E-state index contributed by atoms with van der Waals surface area (Å²) >= 11 is 3.52. The number of Topliss-reactive ketones (excluding diaryl/α,β-unsaturated/α-hetero) is 1. The van der Waals surface area contributed by atoms with Crippen molar-refractivity contribution in [1.29, 1.82) is 0 Å². The van der Waals surface area contributed by atoms with Crippen molar-refractivity contribution in [2.75, 3.05) is 11.5 Å². The molecule has 0 bridgehead atoms. The van der Waals surface area contributed by atoms with E-state index in [1.165, 1.54) is 35.3 Å². The molecule has 18 heteroatoms. The molecule has 3 aliphatic rings. The molecule has 2 atom stereocenters. The first-order chi connectivity index (χ1) is 21.7. The standard InChI is InChI=1S/C27H27N9O6S3/c1-14(37)12-34-9-10-35-18(34)7-6-17(31-35)43-11-8-15-13-44-25-20(24(39)36(25)21(15)26(40)41)29-23(38)19(22-30-27(28)45-33-22)32-42-16-4-2-3-5-16/h6-11,16,20,25H,2-5,12-13H2,1H3,(H3-,28,29,30,33,38,40,41)/p+1/b11-8+,32-19-/t20-,25-/m1/s1. The number of rotatable bonds is 11. The summed E-state index contributed by atoms with van der Waals surface area (Å²) < 4.78 is 7.53. The average Bonchev–Trinajstić information content (AvgIpc) is 3.77. The van der Waals surface area contributed by atoms with E-state index in [4.69, 9.17) is 10.6 Å². The number of hydrogen-bond acceptors (Lipinski definition) is 13. The van der Waals surface area contributed by atoms with Gasteiger partial charge in [0.05, 0.1) is 0 Å². The van der Waals surface area contributed by atoms with Crippen LogP contribution in [0.5, 0.6) is 0 Å². The second-order valence-corrected chi connectivity index (χ2v) is 13.3. The second-order valence-electron chi connectivity index (χ2n) is 10.5. The van der Waals surface area contributed by atoms with Crippen molar-refractivity contribution < 1.29 is 33.7 Å². The van der Waals surface area contributed by atoms with Crippen molar-refractivity contribution in [2.45, 2.75) is 61.7 Å². The summed E-state index contributed by atoms with van der Waals surface area (Å²) in [5, 5.41) is 23.1. The summed E-state index contributed by atoms with van der Waals surface area (Å²) in [6.07, 6.45) is 8.71. The number of fused-ring (bicyclic) bond motifs is 2. The van der Waals surface area contributed by atoms with E-state index in [9.17, 15) is 24.3 Å². The number of aromatic nitrogens is 5. The van der Waals surface area contributed by atoms with E-state index in [0.717, 1.165) is 42.9 Å². The number of anilines is 1. The summed E-state index contributed by atoms with van der Waals surface area (Å²) in [4.78, 5) is 61.1. The maximum Gasteiger partial charge on any atom is 0.352 e. The fourth-order valence-electron chi connectivity index (χ4n) is 5.21. The number of allylic oxidation sites excluding steroid dienone is 1. The van der Waals surface area contributed by atoms with Crippen molar-refractivity contribution in [3.05, 3.63) is 53.1 Å². The molecule has 6 rings (SSSR count). The van der Waals surface area contributed by atoms with Crippen LogP contribution in [-0.2, 0) is 30.6 Å². The maximum atomic E-state index is 13.3. The number of carbonyl (C=O) groups excluding carboxylic acids is 3. The Morgan fingerprint density at radius 2 is 2.11 bits per heavy atom. The van der Waals surface area contributed by atoms with E-state index in [1.54, 1.807) is 39.0 Å². The van der Waals surface area contributed by atoms with Crippen LogP contribution in [-0.4, -0.2) is 81.5 Å². The van der Waals surface area contributed by atoms with Gasteiger partial charge in [0.25, 0.3) is 11.8 Å². The van der Waals surface area contributed by atoms with Crippen LogP contribution in [0.25, 0.3) is 5.65 Å². The molecular weight excluding hydrogens is 643 g/mol. The molecule has 1 saturated heterocycles. The number of ketones is 1. The van der Waals surface area contributed by atoms with Crippen LogP contribution >= 0.6 is 35.1 Å². The van der Waals surface area contributed by atoms with Gasteiger partial charge >= 0.3 is 11.6 Å². The third-order valence-corrected chi connectivity index (χ3v) is 9.88. The molecule has 0 unspecified atom stereocenters. The molecule has 45 heavy (non-hydrogen) atoms. The van der Waals surface area contributed by atoms with Crippen molar-refractivity contribution in [3.8, 4) is 0 Å². The van der Waals surface area contributed by atoms with Gasteiger partial charge < -0.3 is 21.0 Å². The Labute approximate surface area is 268 Å². The summed E-state index contributed by atoms with van der Waals surface area (Å²) in [5.74, 6) is -2.21. The van der Waals surface area contributed by atoms with Crippen LogP contribution in [0.15, 0.2) is 57.5 Å². The quantitative estimate of drug-likeness (QED) is 0.0872. The predicted molar refractivity (Wildman–Crippen MR) is 165 cm³/mol. The molecule has 0 radical (unpaired) electrons. The lowest BCUT2D eigenvalue weighted by Gasteiger charge is -2.49. The van der Waals surface area contributed by atoms with Gasteiger partial charge in [0, 0.05) is 23.4 Å². The summed E-state index contributed by atoms with van der Waals surface area (Å²) in [5.41, 5.74) is 6.58. The molecule has 2 amide bonds. The summed E-state index contributed by atoms with van der Waals surface area (Å²) in [7, 11) is 0. The molecule has 15 nitrogen and oxygen atoms in total. The van der Waals surface area contributed by atoms with Crippen LogP contribution in [0, 0.1) is 0 Å². The highest BCUT2D eigenvalue weighted by Gasteiger charge is 2.54. The maximum absolute atomic E-state index is 13.3. The zero-order valence-electron chi connectivity index (χ0n) is 23.9. The van der Waals surface area contributed by atoms with Crippen molar-refractivity contribution in [3.63, 3.8) is 0 Å². The van der Waals surface area contributed by atoms with Gasteiger partial charge in [-0.05, 0) is 55.7 Å². The number of oxime groups is 1. The van der Waals surface area contributed by atoms with E-state index in [0.29, 0.717) is 16.4 Å². The number of nitrogens with one attached hydrogen (secondary N) is 1. The monoisotopic (exact) mass is 670 g/mol. The first-order valence-corrected chi connectivity index (χ1v) is 16.7. The fourth-order valence-corrected chi connectivity index (χ4v) is 7.62. The SMILES string of the molecule is CC(=O)C[n+]1ccn2nc(S/C=C/C3=C(C(=O)O)N4C(=O)[C@@H](NC(=O)/C(=N\OC5CCCC5)c5nsc(N)n5)[C@H]4SC3)ccc21. The summed E-state index contributed by atoms with van der Waals surface area (Å²) in [6, 6.07) is 2.67. The first kappa shape index (κ1) is 30.7. The first-order valence-electron chi connectivity index (χ1n) is 14.0. The lowest BCUT2D eigenvalue weighted by Crippen LogP contribution is -2.71. The molecule has 0 spiro atoms. The van der Waals surface area contributed by atoms with Crippen LogP contribution in [0.1, 0.15) is 38.4 Å². The van der Waals surface area contributed by atoms with Crippen LogP contribution in [0.4, 0.5) is 5.13 Å². The Bertz CT molecular complexity index is 1780. The lowest BCUT2D eigenvalue weighted by molar-refractivity contribution is -0.657. The highest BCUT2D eigenvalue weighted by Crippen LogP contribution is 2.41. The summed E-state index contributed by atoms with van der Waals surface area (Å²) in [6.45, 7) is 1.77. The van der Waals surface area contributed by atoms with Crippen LogP contribution in [0.2, 0.25) is 0 Å². The van der Waals surface area contributed by atoms with Gasteiger partial charge in [0.15, 0.2) is 17.1 Å². The molecule has 2 aliphatic heterocycles. The molecule has 1 saturated carbocycles. The van der Waals surface area contributed by atoms with Gasteiger partial charge in [-0.1, -0.05) is 22.0 Å². The highest BCUT2D eigenvalue weighted by molar-refractivity contribution is 8.02. The topological polar surface area (TPSA) is 198 Å². The second kappa shape index (κ2) is 13.0. The van der Waals surface area contributed by atoms with Gasteiger partial charge in [0.1, 0.15) is 41.0 Å². The molecule has 1 aliphatic carbocycles. The molecule has 3 aromatic rings. The Morgan fingerprint density at radius 1 is 1.31 bits per heavy atom. The van der Waals surface area contributed by atoms with E-state index < -0.39 is 29.2 Å². The van der Waals surface area contributed by atoms with E-state index in [-0.39, 0.29) is 40.8 Å². The minimum atomic E-state index is -1.25. The van der Waals surface area contributed by atoms with Gasteiger partial charge in [-0.3, -0.25) is 19.3 Å². The fraction of sp³-hybridized carbons (Fsp3) is 0.370. The smallest absolute Gasteiger partial charge is 0.352 e. The number of β-lactam (4-membered cyclic amide) rings is 1. The number of thioether (sulfide) groups is 2. The van der Waals surface area contributed by atoms with Gasteiger partial charge in [-0.15, -0.1) is 16.3 Å². The lowest BCUT2D eigenvalue weighted by atomic mass is 10.0. The average molecular weight is 671 g/mol. The number of imidazole rings is 1. The predicted octanol–water partition coefficient (Wildman–Crippen LogP) is 1.35. The number of carboxylic acid groups (broad SMARTS) is 1. The minimum Gasteiger partial charge on any atom is -0.477 e. The molecule has 3 aromatic heterocycles. The molecule has 234 valence electrons. The number of carbonyl (C=O) groups is 4. The molecule has 4 N–H and O–H groups in total. The zero-order chi connectivity index (χ0) is 31.7. The third-order valence-electron chi connectivity index (χ3n) is 7.30. The minimum absolute atomic E-state index is 0.00960. The number of amides is 2. The van der Waals surface area contributed by atoms with E-state index in [1.807, 2.05) is 6.07 Å². The Balaban J connectivity index is 1.14. The zero-order valence-corrected chi connectivity index (χ0v) is 26.3. The van der Waals surface area contributed by atoms with Gasteiger partial charge in [-0.25, -0.2) is 9.36 Å². The van der Waals surface area contributed by atoms with Crippen molar-refractivity contribution in [1.82, 2.24) is 29.2 Å². The molecule has 0 aromatic carbocycles. The largest absolute Gasteiger partial charge is 0.477 e. The van der Waals surface area contributed by atoms with Crippen LogP contribution < -0.4 is 15.6 Å². The number of nitrogens with zero attached hydrogens (tertiary/aromatic N) is 7. The van der Waals surface area contributed by atoms with E-state index >= 15 is 0 Å². The van der Waals surface area contributed by atoms with Gasteiger partial charge in [-0.2, -0.15) is 9.36 Å². The normalized spacial score (nSPS) is 20.5. The van der Waals surface area contributed by atoms with Crippen LogP contribution in [0.3, 0.4) is 0 Å². The van der Waals surface area contributed by atoms with Gasteiger partial charge in [0.2, 0.25) is 11.5 Å². The number of nitrogen functional groups attached to an aromatic ring is 1. The molecular formula is C27H28N9O6S3+. The van der Waals surface area contributed by atoms with Crippen molar-refractivity contribution in [2.24, 2.45) is 5.16 Å². The molecule has 2 fully saturated rings. The highest BCUT2D eigenvalue weighted by atomic mass is 32.2. The number of aliphatic carboxylic acids is 1. The molecule has 5 heterocycles. The van der Waals surface area contributed by atoms with E-state index in [2.05, 4.69) is 24.9 Å². The Kier molecular flexibility index (Phi) is 8.86. The van der Waals surface area contributed by atoms with Crippen molar-refractivity contribution >= 4 is 75.1 Å².